The maximum Gasteiger partial charge on any atom is 0.266 e. The molecule has 2 rings (SSSR count). The molecular weight excluding hydrogens is 783 g/mol. The SMILES string of the molecule is CC[C@H](C)[C@@H]([C@@H](CC(=O)N1CCC[C@H]1[C@H](OC)[C@@H](C)C(=O)N[C@@H](Cc1ccccc1)C(=O)N(N)CCS(=O)(=O)O)OC)N(C)C(=O)[C@@H](NC(=O)[C@@H](NC)C(C)C)C(C)C. The molecule has 1 heterocycles. The molecule has 5 amide bonds. The van der Waals surface area contributed by atoms with Gasteiger partial charge in [-0.25, -0.2) is 5.84 Å². The Labute approximate surface area is 351 Å². The summed E-state index contributed by atoms with van der Waals surface area (Å²) in [6, 6.07) is 5.40. The standard InChI is InChI=1S/C41H71N7O10S/c1-12-27(6)36(46(9)41(53)35(26(4)5)45-39(51)34(43-8)25(2)3)32(57-10)24-33(49)47-20-16-19-31(47)37(58-11)28(7)38(50)44-30(23-29-17-14-13-15-18-29)40(52)48(42)21-22-59(54,55)56/h13-15,17-18,25-28,30-32,34-37,43H,12,16,19-24,42H2,1-11H3,(H,44,50)(H,45,51)(H,54,55,56)/t27-,28+,30-,31-,32+,34-,35-,36-,37+/m0/s1. The summed E-state index contributed by atoms with van der Waals surface area (Å²) >= 11 is 0. The van der Waals surface area contributed by atoms with Gasteiger partial charge in [-0.05, 0) is 43.2 Å². The second-order valence-electron chi connectivity index (χ2n) is 16.4. The lowest BCUT2D eigenvalue weighted by atomic mass is 9.89. The Morgan fingerprint density at radius 1 is 0.932 bits per heavy atom. The number of hydrazine groups is 1. The van der Waals surface area contributed by atoms with Crippen LogP contribution in [0, 0.1) is 23.7 Å². The normalized spacial score (nSPS) is 18.6. The summed E-state index contributed by atoms with van der Waals surface area (Å²) in [7, 11) is 1.96. The minimum Gasteiger partial charge on any atom is -0.379 e. The van der Waals surface area contributed by atoms with E-state index >= 15 is 0 Å². The number of nitrogens with one attached hydrogen (secondary N) is 3. The number of likely N-dealkylation sites (tertiary alicyclic amines) is 1. The Hall–Kier alpha value is -3.68. The van der Waals surface area contributed by atoms with Crippen LogP contribution in [0.2, 0.25) is 0 Å². The van der Waals surface area contributed by atoms with Crippen molar-refractivity contribution in [1.82, 2.24) is 30.8 Å². The fourth-order valence-electron chi connectivity index (χ4n) is 7.93. The molecule has 0 radical (unpaired) electrons. The lowest BCUT2D eigenvalue weighted by Gasteiger charge is -2.41. The predicted octanol–water partition coefficient (Wildman–Crippen LogP) is 1.61. The fourth-order valence-corrected chi connectivity index (χ4v) is 8.35. The number of hydrogen-bond acceptors (Lipinski definition) is 11. The summed E-state index contributed by atoms with van der Waals surface area (Å²) in [6.45, 7) is 13.2. The molecule has 0 aromatic heterocycles. The van der Waals surface area contributed by atoms with Crippen LogP contribution < -0.4 is 21.8 Å². The number of benzene rings is 1. The van der Waals surface area contributed by atoms with Crippen molar-refractivity contribution in [2.24, 2.45) is 29.5 Å². The number of carbonyl (C=O) groups is 5. The third-order valence-corrected chi connectivity index (χ3v) is 12.2. The molecule has 0 spiro atoms. The van der Waals surface area contributed by atoms with Crippen LogP contribution in [0.5, 0.6) is 0 Å². The first-order valence-corrected chi connectivity index (χ1v) is 22.2. The number of hydrogen-bond donors (Lipinski definition) is 5. The number of rotatable bonds is 24. The molecular formula is C41H71N7O10S. The van der Waals surface area contributed by atoms with Crippen molar-refractivity contribution in [2.45, 2.75) is 123 Å². The number of carbonyl (C=O) groups excluding carboxylic acids is 5. The number of likely N-dealkylation sites (N-methyl/N-ethyl adjacent to an activating group) is 2. The van der Waals surface area contributed by atoms with Gasteiger partial charge in [-0.15, -0.1) is 0 Å². The Kier molecular flexibility index (Phi) is 20.9. The second-order valence-corrected chi connectivity index (χ2v) is 18.0. The highest BCUT2D eigenvalue weighted by molar-refractivity contribution is 7.85. The molecule has 59 heavy (non-hydrogen) atoms. The lowest BCUT2D eigenvalue weighted by molar-refractivity contribution is -0.148. The molecule has 9 atom stereocenters. The lowest BCUT2D eigenvalue weighted by Crippen LogP contribution is -2.59. The molecule has 1 aliphatic heterocycles. The van der Waals surface area contributed by atoms with Gasteiger partial charge in [0.2, 0.25) is 23.6 Å². The molecule has 1 aliphatic rings. The van der Waals surface area contributed by atoms with Gasteiger partial charge in [-0.3, -0.25) is 33.5 Å². The van der Waals surface area contributed by atoms with Gasteiger partial charge < -0.3 is 35.2 Å². The van der Waals surface area contributed by atoms with E-state index in [1.165, 1.54) is 14.2 Å². The quantitative estimate of drug-likeness (QED) is 0.0433. The summed E-state index contributed by atoms with van der Waals surface area (Å²) in [5.74, 6) is 1.88. The maximum absolute atomic E-state index is 14.3. The van der Waals surface area contributed by atoms with Crippen LogP contribution in [0.3, 0.4) is 0 Å². The van der Waals surface area contributed by atoms with Crippen LogP contribution in [-0.2, 0) is 50.0 Å². The first kappa shape index (κ1) is 51.5. The highest BCUT2D eigenvalue weighted by atomic mass is 32.2. The van der Waals surface area contributed by atoms with Crippen LogP contribution in [0.25, 0.3) is 0 Å². The van der Waals surface area contributed by atoms with E-state index in [0.29, 0.717) is 36.4 Å². The molecule has 0 bridgehead atoms. The summed E-state index contributed by atoms with van der Waals surface area (Å²) < 4.78 is 43.8. The molecule has 1 fully saturated rings. The van der Waals surface area contributed by atoms with Gasteiger partial charge in [0.05, 0.1) is 55.0 Å². The maximum atomic E-state index is 14.3. The number of nitrogens with zero attached hydrogens (tertiary/aromatic N) is 3. The van der Waals surface area contributed by atoms with Gasteiger partial charge >= 0.3 is 0 Å². The molecule has 1 saturated heterocycles. The van der Waals surface area contributed by atoms with Crippen LogP contribution in [0.4, 0.5) is 0 Å². The van der Waals surface area contributed by atoms with E-state index in [2.05, 4.69) is 16.0 Å². The zero-order valence-electron chi connectivity index (χ0n) is 36.8. The van der Waals surface area contributed by atoms with Crippen molar-refractivity contribution >= 4 is 39.7 Å². The molecule has 6 N–H and O–H groups in total. The zero-order chi connectivity index (χ0) is 44.8. The van der Waals surface area contributed by atoms with Gasteiger partial charge in [-0.1, -0.05) is 85.2 Å². The Morgan fingerprint density at radius 3 is 2.05 bits per heavy atom. The predicted molar refractivity (Wildman–Crippen MR) is 225 cm³/mol. The third-order valence-electron chi connectivity index (χ3n) is 11.5. The van der Waals surface area contributed by atoms with Crippen LogP contribution in [0.15, 0.2) is 30.3 Å². The molecule has 17 nitrogen and oxygen atoms in total. The Balaban J connectivity index is 2.32. The summed E-state index contributed by atoms with van der Waals surface area (Å²) in [6.07, 6.45) is 0.392. The van der Waals surface area contributed by atoms with Crippen LogP contribution in [0.1, 0.15) is 79.7 Å². The highest BCUT2D eigenvalue weighted by Gasteiger charge is 2.43. The number of methoxy groups -OCH3 is 2. The van der Waals surface area contributed by atoms with E-state index < -0.39 is 82.6 Å². The minimum atomic E-state index is -4.41. The summed E-state index contributed by atoms with van der Waals surface area (Å²) in [5, 5.41) is 9.42. The van der Waals surface area contributed by atoms with Crippen LogP contribution in [-0.4, -0.2) is 147 Å². The highest BCUT2D eigenvalue weighted by Crippen LogP contribution is 2.30. The summed E-state index contributed by atoms with van der Waals surface area (Å²) in [4.78, 5) is 72.4. The molecule has 1 aromatic carbocycles. The number of nitrogens with two attached hydrogens (primary N) is 1. The van der Waals surface area contributed by atoms with Crippen molar-refractivity contribution in [2.75, 3.05) is 47.2 Å². The van der Waals surface area contributed by atoms with Gasteiger partial charge in [0, 0.05) is 34.2 Å². The minimum absolute atomic E-state index is 0.00230. The van der Waals surface area contributed by atoms with Gasteiger partial charge in [-0.2, -0.15) is 8.42 Å². The molecule has 0 unspecified atom stereocenters. The van der Waals surface area contributed by atoms with Crippen LogP contribution >= 0.6 is 0 Å². The van der Waals surface area contributed by atoms with Gasteiger partial charge in [0.15, 0.2) is 0 Å². The van der Waals surface area contributed by atoms with E-state index in [4.69, 9.17) is 15.3 Å². The largest absolute Gasteiger partial charge is 0.379 e. The van der Waals surface area contributed by atoms with Crippen molar-refractivity contribution in [3.8, 4) is 0 Å². The topological polar surface area (TPSA) is 230 Å². The van der Waals surface area contributed by atoms with Crippen molar-refractivity contribution < 1.29 is 46.4 Å². The third kappa shape index (κ3) is 14.8. The van der Waals surface area contributed by atoms with Gasteiger partial charge in [0.25, 0.3) is 16.0 Å². The van der Waals surface area contributed by atoms with E-state index in [-0.39, 0.29) is 48.3 Å². The van der Waals surface area contributed by atoms with E-state index in [1.807, 2.05) is 41.5 Å². The first-order chi connectivity index (χ1) is 27.6. The smallest absolute Gasteiger partial charge is 0.266 e. The Morgan fingerprint density at radius 2 is 1.54 bits per heavy atom. The molecule has 336 valence electrons. The van der Waals surface area contributed by atoms with Crippen molar-refractivity contribution in [3.63, 3.8) is 0 Å². The van der Waals surface area contributed by atoms with E-state index in [1.54, 1.807) is 61.2 Å². The second kappa shape index (κ2) is 23.9. The van der Waals surface area contributed by atoms with E-state index in [0.717, 1.165) is 0 Å². The molecule has 0 saturated carbocycles. The average molecular weight is 854 g/mol. The molecule has 18 heteroatoms. The molecule has 1 aromatic rings. The Bertz CT molecular complexity index is 1630. The zero-order valence-corrected chi connectivity index (χ0v) is 37.7. The van der Waals surface area contributed by atoms with Gasteiger partial charge in [0.1, 0.15) is 12.1 Å². The van der Waals surface area contributed by atoms with Crippen molar-refractivity contribution in [1.29, 1.82) is 0 Å². The van der Waals surface area contributed by atoms with Crippen molar-refractivity contribution in [3.05, 3.63) is 35.9 Å². The molecule has 0 aliphatic carbocycles. The number of ether oxygens (including phenoxy) is 2. The fraction of sp³-hybridized carbons (Fsp3) is 0.732. The number of amides is 5. The average Bonchev–Trinajstić information content (AvgIpc) is 3.67. The summed E-state index contributed by atoms with van der Waals surface area (Å²) in [5.41, 5.74) is 0.714. The van der Waals surface area contributed by atoms with E-state index in [9.17, 15) is 36.9 Å². The monoisotopic (exact) mass is 853 g/mol. The first-order valence-electron chi connectivity index (χ1n) is 20.6.